The Morgan fingerprint density at radius 1 is 1.21 bits per heavy atom. The highest BCUT2D eigenvalue weighted by Crippen LogP contribution is 2.43. The number of aromatic nitrogens is 1. The molecule has 0 radical (unpaired) electrons. The van der Waals surface area contributed by atoms with Gasteiger partial charge in [0.2, 0.25) is 0 Å². The summed E-state index contributed by atoms with van der Waals surface area (Å²) < 4.78 is 12.0. The van der Waals surface area contributed by atoms with Gasteiger partial charge in [0.15, 0.2) is 10.0 Å². The van der Waals surface area contributed by atoms with Gasteiger partial charge in [-0.05, 0) is 55.2 Å². The van der Waals surface area contributed by atoms with E-state index in [2.05, 4.69) is 31.0 Å². The maximum atomic E-state index is 12.0. The van der Waals surface area contributed by atoms with Gasteiger partial charge in [-0.2, -0.15) is 0 Å². The van der Waals surface area contributed by atoms with Gasteiger partial charge in [-0.3, -0.25) is 0 Å². The van der Waals surface area contributed by atoms with Gasteiger partial charge >= 0.3 is 5.97 Å². The lowest BCUT2D eigenvalue weighted by molar-refractivity contribution is 0.0427. The van der Waals surface area contributed by atoms with Crippen molar-refractivity contribution in [2.24, 2.45) is 11.8 Å². The molecule has 5 atom stereocenters. The summed E-state index contributed by atoms with van der Waals surface area (Å²) in [4.78, 5) is 17.5. The predicted molar refractivity (Wildman–Crippen MR) is 158 cm³/mol. The number of ether oxygens (including phenoxy) is 2. The first-order valence-corrected chi connectivity index (χ1v) is 16.8. The Morgan fingerprint density at radius 3 is 2.71 bits per heavy atom. The molecule has 1 aromatic heterocycles. The Bertz CT molecular complexity index is 960. The maximum absolute atomic E-state index is 12.0. The summed E-state index contributed by atoms with van der Waals surface area (Å²) >= 11 is 11.9. The fourth-order valence-corrected chi connectivity index (χ4v) is 8.29. The van der Waals surface area contributed by atoms with E-state index in [4.69, 9.17) is 26.2 Å². The zero-order chi connectivity index (χ0) is 27.3. The number of hydrogen-bond donors (Lipinski definition) is 2. The van der Waals surface area contributed by atoms with Crippen LogP contribution >= 0.6 is 46.5 Å². The number of unbranched alkanes of at least 4 members (excludes halogenated alkanes) is 1. The minimum Gasteiger partial charge on any atom is -0.459 e. The molecule has 1 saturated carbocycles. The summed E-state index contributed by atoms with van der Waals surface area (Å²) in [6, 6.07) is 8.26. The minimum atomic E-state index is -0.500. The lowest BCUT2D eigenvalue weighted by Gasteiger charge is -2.22. The number of benzene rings is 1. The van der Waals surface area contributed by atoms with Crippen molar-refractivity contribution in [2.45, 2.75) is 79.2 Å². The van der Waals surface area contributed by atoms with Crippen molar-refractivity contribution in [1.29, 1.82) is 0 Å². The van der Waals surface area contributed by atoms with Crippen molar-refractivity contribution in [2.75, 3.05) is 31.3 Å². The van der Waals surface area contributed by atoms with Crippen molar-refractivity contribution in [3.05, 3.63) is 40.9 Å². The molecule has 212 valence electrons. The molecule has 0 saturated heterocycles. The summed E-state index contributed by atoms with van der Waals surface area (Å²) in [6.07, 6.45) is 5.51. The quantitative estimate of drug-likeness (QED) is 0.0883. The van der Waals surface area contributed by atoms with E-state index < -0.39 is 12.1 Å². The molecule has 3 rings (SSSR count). The van der Waals surface area contributed by atoms with Gasteiger partial charge in [-0.15, -0.1) is 34.7 Å². The second-order valence-electron chi connectivity index (χ2n) is 9.55. The molecule has 1 aliphatic carbocycles. The molecular formula is C28H40ClNO5S3. The maximum Gasteiger partial charge on any atom is 0.357 e. The van der Waals surface area contributed by atoms with Crippen LogP contribution in [0.15, 0.2) is 38.9 Å². The number of halogens is 1. The van der Waals surface area contributed by atoms with E-state index in [9.17, 15) is 9.90 Å². The second kappa shape index (κ2) is 17.1. The second-order valence-corrected chi connectivity index (χ2v) is 13.3. The molecule has 3 unspecified atom stereocenters. The Hall–Kier alpha value is -0.810. The standard InChI is InChI=1S/C28H40ClNO5S3/c1-3-5-13-34-25-16-20(11-15-36-28-30-23(18-38-28)27(33)35-14-12-31)22(26(25)29)17-37-21-9-7-19(8-10-21)24(32)6-4-2/h7-10,18,20,22,24-26,31-32H,3-6,11-17H2,1-2H3/t20-,22+,24?,25?,26?/m0/s1. The van der Waals surface area contributed by atoms with E-state index >= 15 is 0 Å². The third-order valence-electron chi connectivity index (χ3n) is 6.73. The Kier molecular flexibility index (Phi) is 14.3. The largest absolute Gasteiger partial charge is 0.459 e. The third kappa shape index (κ3) is 9.68. The van der Waals surface area contributed by atoms with Crippen LogP contribution in [0.1, 0.15) is 74.5 Å². The van der Waals surface area contributed by atoms with Crippen molar-refractivity contribution in [3.63, 3.8) is 0 Å². The van der Waals surface area contributed by atoms with Gasteiger partial charge in [0.25, 0.3) is 0 Å². The number of esters is 1. The number of nitrogens with zero attached hydrogens (tertiary/aromatic N) is 1. The molecule has 1 fully saturated rings. The van der Waals surface area contributed by atoms with Crippen LogP contribution in [-0.2, 0) is 9.47 Å². The van der Waals surface area contributed by atoms with E-state index in [1.807, 2.05) is 23.9 Å². The summed E-state index contributed by atoms with van der Waals surface area (Å²) in [6.45, 7) is 4.78. The molecule has 0 spiro atoms. The van der Waals surface area contributed by atoms with Gasteiger partial charge in [-0.25, -0.2) is 9.78 Å². The van der Waals surface area contributed by atoms with Crippen molar-refractivity contribution < 1.29 is 24.5 Å². The summed E-state index contributed by atoms with van der Waals surface area (Å²) in [5, 5.41) is 20.8. The Balaban J connectivity index is 1.56. The van der Waals surface area contributed by atoms with Gasteiger partial charge in [0.1, 0.15) is 6.61 Å². The zero-order valence-electron chi connectivity index (χ0n) is 22.2. The number of thiazole rings is 1. The molecule has 2 N–H and O–H groups in total. The highest BCUT2D eigenvalue weighted by molar-refractivity contribution is 8.01. The zero-order valence-corrected chi connectivity index (χ0v) is 25.4. The lowest BCUT2D eigenvalue weighted by atomic mass is 9.95. The molecule has 2 aromatic rings. The fraction of sp³-hybridized carbons (Fsp3) is 0.643. The van der Waals surface area contributed by atoms with Crippen LogP contribution in [0.5, 0.6) is 0 Å². The normalized spacial score (nSPS) is 22.0. The smallest absolute Gasteiger partial charge is 0.357 e. The van der Waals surface area contributed by atoms with Crippen molar-refractivity contribution in [3.8, 4) is 0 Å². The minimum absolute atomic E-state index is 0.0206. The molecule has 6 nitrogen and oxygen atoms in total. The molecule has 1 aliphatic rings. The topological polar surface area (TPSA) is 88.9 Å². The summed E-state index contributed by atoms with van der Waals surface area (Å²) in [5.74, 6) is 2.09. The molecule has 0 aliphatic heterocycles. The van der Waals surface area contributed by atoms with E-state index in [-0.39, 0.29) is 24.7 Å². The number of carbonyl (C=O) groups is 1. The summed E-state index contributed by atoms with van der Waals surface area (Å²) in [5.41, 5.74) is 1.26. The van der Waals surface area contributed by atoms with E-state index in [1.165, 1.54) is 16.2 Å². The Morgan fingerprint density at radius 2 is 2.00 bits per heavy atom. The van der Waals surface area contributed by atoms with Gasteiger partial charge in [0, 0.05) is 28.4 Å². The average molecular weight is 602 g/mol. The van der Waals surface area contributed by atoms with Crippen LogP contribution in [-0.4, -0.2) is 64.0 Å². The van der Waals surface area contributed by atoms with Crippen LogP contribution in [0.4, 0.5) is 0 Å². The van der Waals surface area contributed by atoms with Gasteiger partial charge in [-0.1, -0.05) is 50.6 Å². The first kappa shape index (κ1) is 31.7. The molecule has 10 heteroatoms. The van der Waals surface area contributed by atoms with E-state index in [0.29, 0.717) is 17.5 Å². The molecule has 1 heterocycles. The number of hydrogen-bond acceptors (Lipinski definition) is 9. The van der Waals surface area contributed by atoms with E-state index in [0.717, 1.165) is 66.5 Å². The summed E-state index contributed by atoms with van der Waals surface area (Å²) in [7, 11) is 0. The van der Waals surface area contributed by atoms with Crippen LogP contribution in [0.3, 0.4) is 0 Å². The SMILES string of the molecule is CCCCOC1C[C@H](CCSc2nc(C(=O)OCCO)cs2)[C@@H](CSc2ccc(C(O)CCC)cc2)C1Cl. The van der Waals surface area contributed by atoms with Crippen LogP contribution in [0.25, 0.3) is 0 Å². The fourth-order valence-electron chi connectivity index (χ4n) is 4.58. The van der Waals surface area contributed by atoms with Crippen LogP contribution in [0, 0.1) is 11.8 Å². The highest BCUT2D eigenvalue weighted by atomic mass is 35.5. The average Bonchev–Trinajstić information content (AvgIpc) is 3.51. The van der Waals surface area contributed by atoms with Gasteiger partial charge < -0.3 is 19.7 Å². The van der Waals surface area contributed by atoms with E-state index in [1.54, 1.807) is 17.1 Å². The molecular weight excluding hydrogens is 562 g/mol. The van der Waals surface area contributed by atoms with Gasteiger partial charge in [0.05, 0.1) is 24.2 Å². The molecule has 1 aromatic carbocycles. The molecule has 38 heavy (non-hydrogen) atoms. The predicted octanol–water partition coefficient (Wildman–Crippen LogP) is 6.83. The van der Waals surface area contributed by atoms with Crippen molar-refractivity contribution in [1.82, 2.24) is 4.98 Å². The Labute approximate surface area is 244 Å². The third-order valence-corrected chi connectivity index (χ3v) is 10.6. The van der Waals surface area contributed by atoms with Crippen molar-refractivity contribution >= 4 is 52.4 Å². The first-order valence-electron chi connectivity index (χ1n) is 13.5. The number of carbonyl (C=O) groups excluding carboxylic acids is 1. The number of alkyl halides is 1. The highest BCUT2D eigenvalue weighted by Gasteiger charge is 2.42. The first-order chi connectivity index (χ1) is 18.5. The number of aliphatic hydroxyl groups excluding tert-OH is 2. The molecule has 0 bridgehead atoms. The van der Waals surface area contributed by atoms with Crippen LogP contribution in [0.2, 0.25) is 0 Å². The van der Waals surface area contributed by atoms with Crippen LogP contribution < -0.4 is 0 Å². The number of aliphatic hydroxyl groups is 2. The monoisotopic (exact) mass is 601 g/mol. The number of thioether (sulfide) groups is 2. The number of rotatable bonds is 17. The lowest BCUT2D eigenvalue weighted by Crippen LogP contribution is -2.25. The molecule has 0 amide bonds.